The fourth-order valence-electron chi connectivity index (χ4n) is 2.06. The zero-order chi connectivity index (χ0) is 13.8. The van der Waals surface area contributed by atoms with E-state index < -0.39 is 0 Å². The monoisotopic (exact) mass is 282 g/mol. The maximum absolute atomic E-state index is 11.1. The molecule has 1 N–H and O–H groups in total. The van der Waals surface area contributed by atoms with E-state index in [4.69, 9.17) is 0 Å². The molecule has 2 rings (SSSR count). The normalized spacial score (nSPS) is 21.8. The zero-order valence-corrected chi connectivity index (χ0v) is 11.9. The van der Waals surface area contributed by atoms with Gasteiger partial charge in [0.05, 0.1) is 11.7 Å². The Bertz CT molecular complexity index is 474. The van der Waals surface area contributed by atoms with Gasteiger partial charge < -0.3 is 5.32 Å². The molecule has 0 spiro atoms. The number of amides is 1. The molecule has 0 bridgehead atoms. The summed E-state index contributed by atoms with van der Waals surface area (Å²) in [6.07, 6.45) is 4.69. The number of aromatic nitrogens is 3. The van der Waals surface area contributed by atoms with Crippen molar-refractivity contribution in [2.24, 2.45) is 0 Å². The third-order valence-corrected chi connectivity index (χ3v) is 4.33. The standard InChI is InChI=1S/C12H18N4O2S/c1-8(17)13-6-5-10-7-16(15-14-10)11-3-4-12(11)19-9(2)18/h7,11-12H,3-6H2,1-2H3,(H,13,17). The molecule has 19 heavy (non-hydrogen) atoms. The molecular weight excluding hydrogens is 264 g/mol. The highest BCUT2D eigenvalue weighted by Gasteiger charge is 2.34. The van der Waals surface area contributed by atoms with Gasteiger partial charge in [-0.25, -0.2) is 4.68 Å². The van der Waals surface area contributed by atoms with E-state index in [1.165, 1.54) is 18.7 Å². The zero-order valence-electron chi connectivity index (χ0n) is 11.1. The van der Waals surface area contributed by atoms with Crippen molar-refractivity contribution >= 4 is 22.8 Å². The lowest BCUT2D eigenvalue weighted by Crippen LogP contribution is -2.32. The Morgan fingerprint density at radius 3 is 2.84 bits per heavy atom. The Balaban J connectivity index is 1.86. The Labute approximate surface area is 116 Å². The number of hydrogen-bond donors (Lipinski definition) is 1. The number of hydrogen-bond acceptors (Lipinski definition) is 5. The van der Waals surface area contributed by atoms with Gasteiger partial charge in [0.25, 0.3) is 0 Å². The molecule has 1 heterocycles. The van der Waals surface area contributed by atoms with Gasteiger partial charge in [0.2, 0.25) is 5.91 Å². The molecule has 2 unspecified atom stereocenters. The van der Waals surface area contributed by atoms with Crippen LogP contribution in [0.15, 0.2) is 6.20 Å². The number of rotatable bonds is 5. The van der Waals surface area contributed by atoms with Crippen molar-refractivity contribution in [1.29, 1.82) is 0 Å². The summed E-state index contributed by atoms with van der Waals surface area (Å²) in [7, 11) is 0. The summed E-state index contributed by atoms with van der Waals surface area (Å²) >= 11 is 1.39. The lowest BCUT2D eigenvalue weighted by Gasteiger charge is -2.34. The van der Waals surface area contributed by atoms with Crippen LogP contribution in [0, 0.1) is 0 Å². The Kier molecular flexibility index (Phi) is 4.57. The summed E-state index contributed by atoms with van der Waals surface area (Å²) in [5.41, 5.74) is 0.868. The highest BCUT2D eigenvalue weighted by molar-refractivity contribution is 8.14. The average Bonchev–Trinajstić information content (AvgIpc) is 2.72. The van der Waals surface area contributed by atoms with Gasteiger partial charge in [0.15, 0.2) is 5.12 Å². The molecule has 6 nitrogen and oxygen atoms in total. The van der Waals surface area contributed by atoms with Crippen LogP contribution in [0.3, 0.4) is 0 Å². The molecule has 1 amide bonds. The highest BCUT2D eigenvalue weighted by atomic mass is 32.2. The fraction of sp³-hybridized carbons (Fsp3) is 0.667. The number of carbonyl (C=O) groups is 2. The lowest BCUT2D eigenvalue weighted by molar-refractivity contribution is -0.119. The topological polar surface area (TPSA) is 76.9 Å². The molecular formula is C12H18N4O2S. The molecule has 1 fully saturated rings. The highest BCUT2D eigenvalue weighted by Crippen LogP contribution is 2.40. The van der Waals surface area contributed by atoms with Crippen LogP contribution in [-0.4, -0.2) is 37.8 Å². The second kappa shape index (κ2) is 6.18. The molecule has 7 heteroatoms. The van der Waals surface area contributed by atoms with Gasteiger partial charge in [-0.05, 0) is 12.8 Å². The molecule has 1 aliphatic carbocycles. The van der Waals surface area contributed by atoms with E-state index in [-0.39, 0.29) is 17.1 Å². The van der Waals surface area contributed by atoms with Gasteiger partial charge in [-0.3, -0.25) is 9.59 Å². The maximum Gasteiger partial charge on any atom is 0.216 e. The second-order valence-corrected chi connectivity index (χ2v) is 6.13. The summed E-state index contributed by atoms with van der Waals surface area (Å²) in [5, 5.41) is 11.4. The number of carbonyl (C=O) groups excluding carboxylic acids is 2. The smallest absolute Gasteiger partial charge is 0.216 e. The molecule has 2 atom stereocenters. The van der Waals surface area contributed by atoms with Crippen LogP contribution < -0.4 is 5.32 Å². The van der Waals surface area contributed by atoms with Crippen molar-refractivity contribution in [2.45, 2.75) is 44.4 Å². The molecule has 1 aromatic rings. The van der Waals surface area contributed by atoms with E-state index in [0.717, 1.165) is 18.5 Å². The molecule has 1 aromatic heterocycles. The summed E-state index contributed by atoms with van der Waals surface area (Å²) in [5.74, 6) is -0.0377. The molecule has 0 aromatic carbocycles. The maximum atomic E-state index is 11.1. The van der Waals surface area contributed by atoms with Crippen molar-refractivity contribution in [1.82, 2.24) is 20.3 Å². The first-order chi connectivity index (χ1) is 9.06. The van der Waals surface area contributed by atoms with Crippen LogP contribution in [0.25, 0.3) is 0 Å². The first kappa shape index (κ1) is 14.0. The first-order valence-electron chi connectivity index (χ1n) is 6.38. The van der Waals surface area contributed by atoms with Crippen molar-refractivity contribution in [2.75, 3.05) is 6.54 Å². The molecule has 0 radical (unpaired) electrons. The summed E-state index contributed by atoms with van der Waals surface area (Å²) in [6.45, 7) is 3.67. The second-order valence-electron chi connectivity index (χ2n) is 4.72. The van der Waals surface area contributed by atoms with Crippen molar-refractivity contribution in [3.05, 3.63) is 11.9 Å². The quantitative estimate of drug-likeness (QED) is 0.869. The molecule has 1 saturated carbocycles. The van der Waals surface area contributed by atoms with Crippen LogP contribution >= 0.6 is 11.8 Å². The third-order valence-electron chi connectivity index (χ3n) is 3.15. The van der Waals surface area contributed by atoms with Crippen molar-refractivity contribution in [3.8, 4) is 0 Å². The average molecular weight is 282 g/mol. The van der Waals surface area contributed by atoms with Crippen LogP contribution in [0.1, 0.15) is 38.4 Å². The van der Waals surface area contributed by atoms with E-state index in [1.807, 2.05) is 10.9 Å². The molecule has 0 saturated heterocycles. The number of nitrogens with zero attached hydrogens (tertiary/aromatic N) is 3. The molecule has 104 valence electrons. The van der Waals surface area contributed by atoms with E-state index in [2.05, 4.69) is 15.6 Å². The minimum Gasteiger partial charge on any atom is -0.356 e. The minimum absolute atomic E-state index is 0.0377. The Hall–Kier alpha value is -1.37. The third kappa shape index (κ3) is 3.79. The van der Waals surface area contributed by atoms with Crippen molar-refractivity contribution in [3.63, 3.8) is 0 Å². The van der Waals surface area contributed by atoms with Crippen LogP contribution in [0.2, 0.25) is 0 Å². The van der Waals surface area contributed by atoms with Crippen LogP contribution in [-0.2, 0) is 16.0 Å². The Morgan fingerprint density at radius 2 is 2.26 bits per heavy atom. The van der Waals surface area contributed by atoms with E-state index in [1.54, 1.807) is 6.92 Å². The minimum atomic E-state index is -0.0377. The van der Waals surface area contributed by atoms with E-state index in [9.17, 15) is 9.59 Å². The fourth-order valence-corrected chi connectivity index (χ4v) is 3.16. The van der Waals surface area contributed by atoms with Gasteiger partial charge in [-0.15, -0.1) is 5.10 Å². The summed E-state index contributed by atoms with van der Waals surface area (Å²) in [4.78, 5) is 21.9. The van der Waals surface area contributed by atoms with Gasteiger partial charge >= 0.3 is 0 Å². The predicted molar refractivity (Wildman–Crippen MR) is 72.7 cm³/mol. The van der Waals surface area contributed by atoms with Crippen LogP contribution in [0.5, 0.6) is 0 Å². The van der Waals surface area contributed by atoms with Gasteiger partial charge in [-0.1, -0.05) is 17.0 Å². The molecule has 0 aliphatic heterocycles. The van der Waals surface area contributed by atoms with Crippen molar-refractivity contribution < 1.29 is 9.59 Å². The summed E-state index contributed by atoms with van der Waals surface area (Å²) < 4.78 is 1.85. The Morgan fingerprint density at radius 1 is 1.47 bits per heavy atom. The number of nitrogens with one attached hydrogen (secondary N) is 1. The number of thioether (sulfide) groups is 1. The molecule has 1 aliphatic rings. The van der Waals surface area contributed by atoms with Gasteiger partial charge in [-0.2, -0.15) is 0 Å². The van der Waals surface area contributed by atoms with Crippen LogP contribution in [0.4, 0.5) is 0 Å². The SMILES string of the molecule is CC(=O)NCCc1cn(C2CCC2SC(C)=O)nn1. The van der Waals surface area contributed by atoms with E-state index >= 15 is 0 Å². The lowest BCUT2D eigenvalue weighted by atomic mass is 9.92. The van der Waals surface area contributed by atoms with Gasteiger partial charge in [0, 0.05) is 38.3 Å². The summed E-state index contributed by atoms with van der Waals surface area (Å²) in [6, 6.07) is 0.274. The first-order valence-corrected chi connectivity index (χ1v) is 7.26. The van der Waals surface area contributed by atoms with E-state index in [0.29, 0.717) is 18.2 Å². The van der Waals surface area contributed by atoms with Gasteiger partial charge in [0.1, 0.15) is 0 Å². The largest absolute Gasteiger partial charge is 0.356 e. The predicted octanol–water partition coefficient (Wildman–Crippen LogP) is 0.940.